The highest BCUT2D eigenvalue weighted by atomic mass is 35.5. The fourth-order valence-corrected chi connectivity index (χ4v) is 11.3. The van der Waals surface area contributed by atoms with E-state index in [0.717, 1.165) is 77.8 Å². The Balaban J connectivity index is 0.000000192. The van der Waals surface area contributed by atoms with Crippen molar-refractivity contribution >= 4 is 87.0 Å². The van der Waals surface area contributed by atoms with Gasteiger partial charge in [0.25, 0.3) is 0 Å². The van der Waals surface area contributed by atoms with E-state index in [1.807, 2.05) is 0 Å². The summed E-state index contributed by atoms with van der Waals surface area (Å²) < 4.78 is 61.7. The lowest BCUT2D eigenvalue weighted by atomic mass is 9.91. The minimum absolute atomic E-state index is 0.0160. The fourth-order valence-electron chi connectivity index (χ4n) is 10.5. The summed E-state index contributed by atoms with van der Waals surface area (Å²) >= 11 is 35.0. The van der Waals surface area contributed by atoms with Crippen molar-refractivity contribution in [2.75, 3.05) is 98.5 Å². The van der Waals surface area contributed by atoms with Crippen LogP contribution >= 0.6 is 69.6 Å². The molecule has 6 aromatic carbocycles. The second-order valence-electron chi connectivity index (χ2n) is 22.8. The standard InChI is InChI=1S/2C23H26Cl2FNO3.C23H27Cl2NO4/c2*24-18-1-5-22(6-2-18)29-15-20(26)14-27-11-9-17(10-12-27)13-21(28)16-30-23-7-3-19(25)4-8-23;24-18-1-5-22(6-2-18)29-15-20(27)13-17-9-11-26(12-10-17)14-21(28)16-30-23-7-3-19(25)4-8-23/h2*1-8,17,20H,9-16H2;1-8,17,21,28H,9-16H2. The summed E-state index contributed by atoms with van der Waals surface area (Å²) in [7, 11) is 0. The number of rotatable bonds is 30. The van der Waals surface area contributed by atoms with Crippen LogP contribution in [0.2, 0.25) is 30.1 Å². The number of aliphatic hydroxyl groups excluding tert-OH is 1. The molecule has 3 atom stereocenters. The number of aliphatic hydroxyl groups is 1. The molecular formula is C69H79Cl6F2N3O10. The highest BCUT2D eigenvalue weighted by Crippen LogP contribution is 2.27. The molecule has 3 fully saturated rings. The van der Waals surface area contributed by atoms with Crippen LogP contribution in [0.5, 0.6) is 34.5 Å². The largest absolute Gasteiger partial charge is 0.491 e. The Morgan fingerprint density at radius 1 is 0.356 bits per heavy atom. The molecule has 0 spiro atoms. The Morgan fingerprint density at radius 3 is 0.811 bits per heavy atom. The summed E-state index contributed by atoms with van der Waals surface area (Å²) in [5, 5.41) is 14.1. The predicted octanol–water partition coefficient (Wildman–Crippen LogP) is 15.4. The second kappa shape index (κ2) is 39.2. The number of halogens is 8. The number of nitrogens with zero attached hydrogens (tertiary/aromatic N) is 3. The highest BCUT2D eigenvalue weighted by Gasteiger charge is 2.27. The Morgan fingerprint density at radius 2 is 0.567 bits per heavy atom. The Labute approximate surface area is 557 Å². The lowest BCUT2D eigenvalue weighted by molar-refractivity contribution is -0.123. The number of Topliss-reactive ketones (excluding diaryl/α,β-unsaturated/α-hetero) is 3. The average molecular weight is 1360 g/mol. The van der Waals surface area contributed by atoms with Crippen molar-refractivity contribution in [3.8, 4) is 34.5 Å². The molecule has 13 nitrogen and oxygen atoms in total. The molecule has 3 heterocycles. The molecule has 0 amide bonds. The third kappa shape index (κ3) is 28.6. The number of hydrogen-bond acceptors (Lipinski definition) is 13. The van der Waals surface area contributed by atoms with Gasteiger partial charge in [-0.25, -0.2) is 8.78 Å². The minimum atomic E-state index is -1.06. The molecule has 0 bridgehead atoms. The van der Waals surface area contributed by atoms with Crippen molar-refractivity contribution in [3.63, 3.8) is 0 Å². The van der Waals surface area contributed by atoms with E-state index in [-0.39, 0.29) is 57.0 Å². The number of likely N-dealkylation sites (tertiary alicyclic amines) is 3. The van der Waals surface area contributed by atoms with Gasteiger partial charge in [-0.05, 0) is 241 Å². The first-order valence-corrected chi connectivity index (χ1v) is 32.7. The normalized spacial score (nSPS) is 16.2. The molecule has 0 radical (unpaired) electrons. The molecule has 9 rings (SSSR count). The van der Waals surface area contributed by atoms with Crippen molar-refractivity contribution in [3.05, 3.63) is 176 Å². The summed E-state index contributed by atoms with van der Waals surface area (Å²) in [6, 6.07) is 41.8. The van der Waals surface area contributed by atoms with Gasteiger partial charge >= 0.3 is 0 Å². The fraction of sp³-hybridized carbons (Fsp3) is 0.435. The van der Waals surface area contributed by atoms with Gasteiger partial charge in [-0.2, -0.15) is 0 Å². The third-order valence-corrected chi connectivity index (χ3v) is 16.9. The molecule has 90 heavy (non-hydrogen) atoms. The number of alkyl halides is 2. The average Bonchev–Trinajstić information content (AvgIpc) is 3.69. The van der Waals surface area contributed by atoms with Crippen LogP contribution in [0.25, 0.3) is 0 Å². The first-order chi connectivity index (χ1) is 43.4. The van der Waals surface area contributed by atoms with Gasteiger partial charge in [0.05, 0.1) is 0 Å². The highest BCUT2D eigenvalue weighted by molar-refractivity contribution is 6.32. The van der Waals surface area contributed by atoms with Crippen LogP contribution in [0.15, 0.2) is 146 Å². The lowest BCUT2D eigenvalue weighted by Gasteiger charge is -2.32. The molecule has 0 saturated carbocycles. The summed E-state index contributed by atoms with van der Waals surface area (Å²) in [5.41, 5.74) is 0. The van der Waals surface area contributed by atoms with E-state index in [2.05, 4.69) is 14.7 Å². The van der Waals surface area contributed by atoms with E-state index in [1.54, 1.807) is 146 Å². The molecule has 3 saturated heterocycles. The number of hydrogen-bond donors (Lipinski definition) is 1. The smallest absolute Gasteiger partial charge is 0.170 e. The van der Waals surface area contributed by atoms with Gasteiger partial charge in [-0.1, -0.05) is 69.6 Å². The van der Waals surface area contributed by atoms with Crippen molar-refractivity contribution in [1.82, 2.24) is 14.7 Å². The number of carbonyl (C=O) groups excluding carboxylic acids is 3. The molecule has 6 aromatic rings. The van der Waals surface area contributed by atoms with Crippen LogP contribution in [0.1, 0.15) is 57.8 Å². The third-order valence-electron chi connectivity index (χ3n) is 15.4. The molecule has 1 N–H and O–H groups in total. The zero-order chi connectivity index (χ0) is 64.0. The Bertz CT molecular complexity index is 2700. The second-order valence-corrected chi connectivity index (χ2v) is 25.4. The minimum Gasteiger partial charge on any atom is -0.491 e. The zero-order valence-electron chi connectivity index (χ0n) is 50.3. The first-order valence-electron chi connectivity index (χ1n) is 30.4. The van der Waals surface area contributed by atoms with Gasteiger partial charge < -0.3 is 48.2 Å². The molecule has 0 aromatic heterocycles. The van der Waals surface area contributed by atoms with Gasteiger partial charge in [0, 0.05) is 69.0 Å². The molecule has 3 aliphatic rings. The maximum absolute atomic E-state index is 14.3. The summed E-state index contributed by atoms with van der Waals surface area (Å²) in [4.78, 5) is 43.0. The van der Waals surface area contributed by atoms with E-state index in [4.69, 9.17) is 98.0 Å². The van der Waals surface area contributed by atoms with Crippen LogP contribution in [0, 0.1) is 17.8 Å². The van der Waals surface area contributed by atoms with Crippen molar-refractivity contribution in [2.24, 2.45) is 17.8 Å². The quantitative estimate of drug-likeness (QED) is 0.0459. The number of benzene rings is 6. The summed E-state index contributed by atoms with van der Waals surface area (Å²) in [6.07, 6.45) is 4.27. The molecule has 486 valence electrons. The SMILES string of the molecule is O=C(COc1ccc(Cl)cc1)CC1CCN(CC(F)COc2ccc(Cl)cc2)CC1.O=C(COc1ccc(Cl)cc1)CC1CCN(CC(F)COc2ccc(Cl)cc2)CC1.O=C(COc1ccc(Cl)cc1)CC1CCN(CC(O)COc2ccc(Cl)cc2)CC1. The van der Waals surface area contributed by atoms with Crippen molar-refractivity contribution in [1.29, 1.82) is 0 Å². The van der Waals surface area contributed by atoms with Gasteiger partial charge in [0.2, 0.25) is 0 Å². The Hall–Kier alpha value is -5.43. The van der Waals surface area contributed by atoms with E-state index in [1.165, 1.54) is 0 Å². The summed E-state index contributed by atoms with van der Waals surface area (Å²) in [6.45, 7) is 6.63. The Kier molecular flexibility index (Phi) is 31.4. The molecular weight excluding hydrogens is 1280 g/mol. The van der Waals surface area contributed by atoms with Crippen LogP contribution in [0.4, 0.5) is 8.78 Å². The predicted molar refractivity (Wildman–Crippen MR) is 354 cm³/mol. The van der Waals surface area contributed by atoms with Gasteiger partial charge in [-0.15, -0.1) is 0 Å². The zero-order valence-corrected chi connectivity index (χ0v) is 54.8. The maximum atomic E-state index is 14.3. The van der Waals surface area contributed by atoms with Crippen LogP contribution in [-0.4, -0.2) is 154 Å². The van der Waals surface area contributed by atoms with Gasteiger partial charge in [0.15, 0.2) is 17.3 Å². The number of β-amino-alcohol motifs (C(OH)–C–C–N with tert-alkyl or cyclic N) is 1. The summed E-state index contributed by atoms with van der Waals surface area (Å²) in [5.74, 6) is 5.14. The van der Waals surface area contributed by atoms with E-state index >= 15 is 0 Å². The number of ether oxygens (including phenoxy) is 6. The maximum Gasteiger partial charge on any atom is 0.170 e. The van der Waals surface area contributed by atoms with E-state index in [0.29, 0.717) is 121 Å². The van der Waals surface area contributed by atoms with Crippen LogP contribution in [0.3, 0.4) is 0 Å². The van der Waals surface area contributed by atoms with Crippen LogP contribution < -0.4 is 28.4 Å². The molecule has 3 unspecified atom stereocenters. The van der Waals surface area contributed by atoms with Crippen LogP contribution in [-0.2, 0) is 14.4 Å². The molecule has 3 aliphatic heterocycles. The molecule has 0 aliphatic carbocycles. The topological polar surface area (TPSA) is 137 Å². The number of piperidine rings is 3. The number of ketones is 3. The number of carbonyl (C=O) groups is 3. The van der Waals surface area contributed by atoms with Crippen molar-refractivity contribution in [2.45, 2.75) is 76.2 Å². The van der Waals surface area contributed by atoms with Gasteiger partial charge in [0.1, 0.15) is 92.6 Å². The van der Waals surface area contributed by atoms with Crippen molar-refractivity contribution < 1.29 is 56.7 Å². The van der Waals surface area contributed by atoms with Gasteiger partial charge in [-0.3, -0.25) is 14.4 Å². The first kappa shape index (κ1) is 72.0. The lowest BCUT2D eigenvalue weighted by Crippen LogP contribution is -2.41. The molecule has 21 heteroatoms. The monoisotopic (exact) mass is 1360 g/mol. The van der Waals surface area contributed by atoms with E-state index < -0.39 is 18.4 Å². The van der Waals surface area contributed by atoms with E-state index in [9.17, 15) is 28.3 Å².